The van der Waals surface area contributed by atoms with Crippen molar-refractivity contribution in [3.63, 3.8) is 0 Å². The minimum Gasteiger partial charge on any atom is -0.350 e. The molecule has 0 aliphatic carbocycles. The zero-order valence-corrected chi connectivity index (χ0v) is 12.2. The molecule has 0 atom stereocenters. The van der Waals surface area contributed by atoms with Gasteiger partial charge >= 0.3 is 0 Å². The van der Waals surface area contributed by atoms with Gasteiger partial charge in [-0.3, -0.25) is 9.59 Å². The summed E-state index contributed by atoms with van der Waals surface area (Å²) in [6.45, 7) is 1.30. The van der Waals surface area contributed by atoms with Crippen molar-refractivity contribution in [2.24, 2.45) is 0 Å². The zero-order valence-electron chi connectivity index (χ0n) is 11.4. The average Bonchev–Trinajstić information content (AvgIpc) is 2.64. The van der Waals surface area contributed by atoms with E-state index in [0.717, 1.165) is 24.8 Å². The van der Waals surface area contributed by atoms with Crippen molar-refractivity contribution < 1.29 is 9.59 Å². The Hall–Kier alpha value is -1.55. The quantitative estimate of drug-likeness (QED) is 0.927. The van der Waals surface area contributed by atoms with Crippen LogP contribution in [0.5, 0.6) is 0 Å². The molecule has 2 amide bonds. The molecule has 0 unspecified atom stereocenters. The van der Waals surface area contributed by atoms with Crippen LogP contribution in [0.25, 0.3) is 0 Å². The Kier molecular flexibility index (Phi) is 5.41. The lowest BCUT2D eigenvalue weighted by atomic mass is 10.2. The van der Waals surface area contributed by atoms with Crippen LogP contribution in [0.2, 0.25) is 5.02 Å². The number of likely N-dealkylation sites (tertiary alicyclic amines) is 1. The van der Waals surface area contributed by atoms with E-state index >= 15 is 0 Å². The Morgan fingerprint density at radius 3 is 2.70 bits per heavy atom. The van der Waals surface area contributed by atoms with Crippen molar-refractivity contribution in [2.75, 3.05) is 13.1 Å². The second-order valence-corrected chi connectivity index (χ2v) is 5.47. The molecule has 1 heterocycles. The molecule has 5 heteroatoms. The van der Waals surface area contributed by atoms with Gasteiger partial charge in [0.15, 0.2) is 0 Å². The average molecular weight is 295 g/mol. The summed E-state index contributed by atoms with van der Waals surface area (Å²) >= 11 is 5.80. The minimum absolute atomic E-state index is 0.0872. The Bertz CT molecular complexity index is 473. The van der Waals surface area contributed by atoms with E-state index in [4.69, 9.17) is 11.6 Å². The molecule has 0 saturated carbocycles. The van der Waals surface area contributed by atoms with Gasteiger partial charge in [-0.15, -0.1) is 0 Å². The van der Waals surface area contributed by atoms with E-state index in [1.165, 1.54) is 0 Å². The highest BCUT2D eigenvalue weighted by Crippen LogP contribution is 2.11. The molecule has 0 spiro atoms. The number of hydrogen-bond acceptors (Lipinski definition) is 2. The monoisotopic (exact) mass is 294 g/mol. The molecule has 0 radical (unpaired) electrons. The summed E-state index contributed by atoms with van der Waals surface area (Å²) < 4.78 is 0. The third kappa shape index (κ3) is 4.53. The summed E-state index contributed by atoms with van der Waals surface area (Å²) in [6.07, 6.45) is 3.54. The molecule has 1 aromatic rings. The van der Waals surface area contributed by atoms with Crippen molar-refractivity contribution in [1.29, 1.82) is 0 Å². The fourth-order valence-electron chi connectivity index (χ4n) is 2.24. The van der Waals surface area contributed by atoms with Crippen LogP contribution in [0.3, 0.4) is 0 Å². The van der Waals surface area contributed by atoms with Crippen LogP contribution >= 0.6 is 11.6 Å². The van der Waals surface area contributed by atoms with Gasteiger partial charge in [-0.2, -0.15) is 0 Å². The maximum Gasteiger partial charge on any atom is 0.239 e. The van der Waals surface area contributed by atoms with E-state index in [1.54, 1.807) is 17.0 Å². The van der Waals surface area contributed by atoms with Crippen molar-refractivity contribution in [2.45, 2.75) is 32.2 Å². The number of amides is 2. The van der Waals surface area contributed by atoms with Crippen LogP contribution in [0.1, 0.15) is 31.2 Å². The summed E-state index contributed by atoms with van der Waals surface area (Å²) in [5, 5.41) is 3.51. The first-order valence-electron chi connectivity index (χ1n) is 6.94. The first-order chi connectivity index (χ1) is 9.65. The Balaban J connectivity index is 1.79. The van der Waals surface area contributed by atoms with E-state index in [0.29, 0.717) is 24.5 Å². The summed E-state index contributed by atoms with van der Waals surface area (Å²) in [4.78, 5) is 25.3. The Morgan fingerprint density at radius 1 is 1.20 bits per heavy atom. The summed E-state index contributed by atoms with van der Waals surface area (Å²) in [5.74, 6) is -0.0284. The lowest BCUT2D eigenvalue weighted by molar-refractivity contribution is -0.135. The van der Waals surface area contributed by atoms with E-state index in [2.05, 4.69) is 5.32 Å². The molecule has 1 aliphatic rings. The second kappa shape index (κ2) is 7.29. The zero-order chi connectivity index (χ0) is 14.4. The predicted octanol–water partition coefficient (Wildman–Crippen LogP) is 2.36. The maximum atomic E-state index is 11.9. The normalized spacial score (nSPS) is 15.8. The van der Waals surface area contributed by atoms with Crippen molar-refractivity contribution in [3.8, 4) is 0 Å². The van der Waals surface area contributed by atoms with Gasteiger partial charge in [0, 0.05) is 24.5 Å². The number of halogens is 1. The molecule has 1 N–H and O–H groups in total. The largest absolute Gasteiger partial charge is 0.350 e. The number of benzene rings is 1. The topological polar surface area (TPSA) is 49.4 Å². The molecular formula is C15H19ClN2O2. The van der Waals surface area contributed by atoms with Crippen molar-refractivity contribution in [3.05, 3.63) is 34.9 Å². The van der Waals surface area contributed by atoms with Gasteiger partial charge in [0.05, 0.1) is 6.54 Å². The van der Waals surface area contributed by atoms with Crippen LogP contribution in [0.15, 0.2) is 24.3 Å². The molecule has 1 aliphatic heterocycles. The number of nitrogens with one attached hydrogen (secondary N) is 1. The first-order valence-corrected chi connectivity index (χ1v) is 7.32. The van der Waals surface area contributed by atoms with Gasteiger partial charge in [-0.1, -0.05) is 30.2 Å². The third-order valence-electron chi connectivity index (χ3n) is 3.41. The lowest BCUT2D eigenvalue weighted by Gasteiger charge is -2.19. The van der Waals surface area contributed by atoms with E-state index in [9.17, 15) is 9.59 Å². The maximum absolute atomic E-state index is 11.9. The fraction of sp³-hybridized carbons (Fsp3) is 0.467. The standard InChI is InChI=1S/C15H19ClN2O2/c16-13-7-5-12(6-8-13)10-17-14(19)11-18-9-3-1-2-4-15(18)20/h5-8H,1-4,9-11H2,(H,17,19). The SMILES string of the molecule is O=C(CN1CCCCCC1=O)NCc1ccc(Cl)cc1. The van der Waals surface area contributed by atoms with E-state index in [1.807, 2.05) is 12.1 Å². The molecular weight excluding hydrogens is 276 g/mol. The second-order valence-electron chi connectivity index (χ2n) is 5.03. The molecule has 1 saturated heterocycles. The van der Waals surface area contributed by atoms with E-state index < -0.39 is 0 Å². The predicted molar refractivity (Wildman–Crippen MR) is 78.3 cm³/mol. The summed E-state index contributed by atoms with van der Waals surface area (Å²) in [7, 11) is 0. The number of nitrogens with zero attached hydrogens (tertiary/aromatic N) is 1. The van der Waals surface area contributed by atoms with Gasteiger partial charge < -0.3 is 10.2 Å². The summed E-state index contributed by atoms with van der Waals surface area (Å²) in [6, 6.07) is 7.34. The van der Waals surface area contributed by atoms with Crippen molar-refractivity contribution >= 4 is 23.4 Å². The highest BCUT2D eigenvalue weighted by Gasteiger charge is 2.18. The van der Waals surface area contributed by atoms with Crippen LogP contribution in [0, 0.1) is 0 Å². The van der Waals surface area contributed by atoms with Gasteiger partial charge in [0.2, 0.25) is 11.8 Å². The molecule has 2 rings (SSSR count). The van der Waals surface area contributed by atoms with E-state index in [-0.39, 0.29) is 18.4 Å². The van der Waals surface area contributed by atoms with Gasteiger partial charge in [0.1, 0.15) is 0 Å². The molecule has 4 nitrogen and oxygen atoms in total. The van der Waals surface area contributed by atoms with Crippen LogP contribution < -0.4 is 5.32 Å². The number of carbonyl (C=O) groups excluding carboxylic acids is 2. The Morgan fingerprint density at radius 2 is 1.95 bits per heavy atom. The molecule has 20 heavy (non-hydrogen) atoms. The molecule has 1 aromatic carbocycles. The van der Waals surface area contributed by atoms with Crippen LogP contribution in [0.4, 0.5) is 0 Å². The van der Waals surface area contributed by atoms with Crippen LogP contribution in [-0.4, -0.2) is 29.8 Å². The molecule has 108 valence electrons. The first kappa shape index (κ1) is 14.9. The van der Waals surface area contributed by atoms with Gasteiger partial charge in [-0.05, 0) is 30.5 Å². The number of carbonyl (C=O) groups is 2. The molecule has 0 aromatic heterocycles. The third-order valence-corrected chi connectivity index (χ3v) is 3.66. The smallest absolute Gasteiger partial charge is 0.239 e. The Labute approximate surface area is 124 Å². The lowest BCUT2D eigenvalue weighted by Crippen LogP contribution is -2.40. The van der Waals surface area contributed by atoms with Gasteiger partial charge in [0.25, 0.3) is 0 Å². The molecule has 1 fully saturated rings. The van der Waals surface area contributed by atoms with Crippen molar-refractivity contribution in [1.82, 2.24) is 10.2 Å². The summed E-state index contributed by atoms with van der Waals surface area (Å²) in [5.41, 5.74) is 0.991. The fourth-order valence-corrected chi connectivity index (χ4v) is 2.36. The van der Waals surface area contributed by atoms with Gasteiger partial charge in [-0.25, -0.2) is 0 Å². The highest BCUT2D eigenvalue weighted by atomic mass is 35.5. The number of hydrogen-bond donors (Lipinski definition) is 1. The number of rotatable bonds is 4. The highest BCUT2D eigenvalue weighted by molar-refractivity contribution is 6.30. The minimum atomic E-state index is -0.116. The molecule has 0 bridgehead atoms. The van der Waals surface area contributed by atoms with Crippen LogP contribution in [-0.2, 0) is 16.1 Å².